The molecule has 1 amide bonds. The first-order valence-electron chi connectivity index (χ1n) is 13.8. The zero-order valence-corrected chi connectivity index (χ0v) is 21.3. The van der Waals surface area contributed by atoms with Gasteiger partial charge in [-0.05, 0) is 107 Å². The molecule has 1 aromatic carbocycles. The number of piperidine rings is 1. The lowest BCUT2D eigenvalue weighted by atomic mass is 9.57. The van der Waals surface area contributed by atoms with Crippen LogP contribution in [0.1, 0.15) is 63.4 Å². The molecule has 0 radical (unpaired) electrons. The fraction of sp³-hybridized carbons (Fsp3) is 0.750. The van der Waals surface area contributed by atoms with Crippen LogP contribution in [-0.2, 0) is 10.2 Å². The van der Waals surface area contributed by atoms with Crippen LogP contribution < -0.4 is 11.1 Å². The minimum atomic E-state index is -0.355. The maximum absolute atomic E-state index is 14.7. The summed E-state index contributed by atoms with van der Waals surface area (Å²) in [5.41, 5.74) is 7.16. The van der Waals surface area contributed by atoms with Gasteiger partial charge in [-0.3, -0.25) is 0 Å². The van der Waals surface area contributed by atoms with Crippen molar-refractivity contribution in [2.24, 2.45) is 17.6 Å². The number of benzene rings is 1. The van der Waals surface area contributed by atoms with Crippen molar-refractivity contribution in [3.8, 4) is 0 Å². The van der Waals surface area contributed by atoms with Crippen LogP contribution in [0.3, 0.4) is 0 Å². The molecule has 1 aromatic rings. The van der Waals surface area contributed by atoms with Gasteiger partial charge in [-0.2, -0.15) is 0 Å². The Kier molecular flexibility index (Phi) is 7.66. The number of halogens is 1. The molecule has 2 unspecified atom stereocenters. The Hall–Kier alpha value is -1.70. The number of hydrogen-bond acceptors (Lipinski definition) is 5. The summed E-state index contributed by atoms with van der Waals surface area (Å²) in [5.74, 6) is 0.546. The number of carbonyl (C=O) groups is 1. The molecule has 0 spiro atoms. The van der Waals surface area contributed by atoms with Crippen LogP contribution >= 0.6 is 0 Å². The van der Waals surface area contributed by atoms with Crippen molar-refractivity contribution >= 4 is 6.09 Å². The highest BCUT2D eigenvalue weighted by atomic mass is 19.1. The summed E-state index contributed by atoms with van der Waals surface area (Å²) in [5, 5.41) is 3.18. The molecule has 4 fully saturated rings. The largest absolute Gasteiger partial charge is 0.453 e. The van der Waals surface area contributed by atoms with Crippen LogP contribution in [0.15, 0.2) is 24.3 Å². The van der Waals surface area contributed by atoms with Gasteiger partial charge in [0.2, 0.25) is 0 Å². The van der Waals surface area contributed by atoms with Gasteiger partial charge in [-0.15, -0.1) is 0 Å². The molecular formula is C28H43FN4O2. The van der Waals surface area contributed by atoms with E-state index in [4.69, 9.17) is 10.5 Å². The van der Waals surface area contributed by atoms with Gasteiger partial charge in [-0.1, -0.05) is 18.6 Å². The van der Waals surface area contributed by atoms with Crippen LogP contribution in [0, 0.1) is 17.7 Å². The van der Waals surface area contributed by atoms with Crippen molar-refractivity contribution in [2.75, 3.05) is 39.8 Å². The molecule has 6 nitrogen and oxygen atoms in total. The molecular weight excluding hydrogens is 443 g/mol. The van der Waals surface area contributed by atoms with Crippen LogP contribution in [0.5, 0.6) is 0 Å². The lowest BCUT2D eigenvalue weighted by Gasteiger charge is -2.54. The number of carbonyl (C=O) groups excluding carboxylic acids is 1. The normalized spacial score (nSPS) is 32.2. The molecule has 2 aliphatic heterocycles. The molecule has 7 heteroatoms. The van der Waals surface area contributed by atoms with Crippen LogP contribution in [0.2, 0.25) is 0 Å². The van der Waals surface area contributed by atoms with Gasteiger partial charge in [0, 0.05) is 30.1 Å². The van der Waals surface area contributed by atoms with E-state index in [1.807, 2.05) is 6.07 Å². The highest BCUT2D eigenvalue weighted by Gasteiger charge is 2.53. The summed E-state index contributed by atoms with van der Waals surface area (Å²) in [6, 6.07) is 8.39. The Labute approximate surface area is 209 Å². The fourth-order valence-corrected chi connectivity index (χ4v) is 7.84. The summed E-state index contributed by atoms with van der Waals surface area (Å²) in [6.07, 6.45) is 9.63. The van der Waals surface area contributed by atoms with Crippen molar-refractivity contribution in [2.45, 2.75) is 81.3 Å². The van der Waals surface area contributed by atoms with Crippen molar-refractivity contribution < 1.29 is 13.9 Å². The monoisotopic (exact) mass is 486 g/mol. The van der Waals surface area contributed by atoms with Crippen molar-refractivity contribution in [3.05, 3.63) is 35.6 Å². The number of nitrogens with zero attached hydrogens (tertiary/aromatic N) is 2. The zero-order valence-electron chi connectivity index (χ0n) is 21.3. The third-order valence-corrected chi connectivity index (χ3v) is 9.68. The molecule has 0 aromatic heterocycles. The van der Waals surface area contributed by atoms with E-state index in [9.17, 15) is 9.18 Å². The molecule has 2 aliphatic carbocycles. The van der Waals surface area contributed by atoms with E-state index < -0.39 is 0 Å². The van der Waals surface area contributed by atoms with E-state index in [1.165, 1.54) is 20.0 Å². The second kappa shape index (κ2) is 10.7. The Morgan fingerprint density at radius 1 is 1.11 bits per heavy atom. The van der Waals surface area contributed by atoms with E-state index in [0.29, 0.717) is 18.0 Å². The predicted molar refractivity (Wildman–Crippen MR) is 136 cm³/mol. The third-order valence-electron chi connectivity index (χ3n) is 9.68. The highest BCUT2D eigenvalue weighted by Crippen LogP contribution is 2.51. The lowest BCUT2D eigenvalue weighted by molar-refractivity contribution is 0.0180. The van der Waals surface area contributed by atoms with Gasteiger partial charge < -0.3 is 25.6 Å². The first-order valence-corrected chi connectivity index (χ1v) is 13.8. The number of rotatable bonds is 7. The number of amides is 1. The summed E-state index contributed by atoms with van der Waals surface area (Å²) < 4.78 is 19.7. The second-order valence-electron chi connectivity index (χ2n) is 11.5. The van der Waals surface area contributed by atoms with Gasteiger partial charge in [0.05, 0.1) is 7.11 Å². The maximum atomic E-state index is 14.7. The van der Waals surface area contributed by atoms with Crippen molar-refractivity contribution in [1.82, 2.24) is 15.1 Å². The zero-order chi connectivity index (χ0) is 24.4. The topological polar surface area (TPSA) is 70.8 Å². The van der Waals surface area contributed by atoms with Crippen molar-refractivity contribution in [1.29, 1.82) is 0 Å². The minimum Gasteiger partial charge on any atom is -0.453 e. The quantitative estimate of drug-likeness (QED) is 0.612. The minimum absolute atomic E-state index is 0.0536. The molecule has 0 bridgehead atoms. The number of alkyl carbamates (subject to hydrolysis) is 1. The lowest BCUT2D eigenvalue weighted by Crippen LogP contribution is -2.59. The molecule has 2 heterocycles. The van der Waals surface area contributed by atoms with E-state index >= 15 is 0 Å². The van der Waals surface area contributed by atoms with E-state index in [-0.39, 0.29) is 29.3 Å². The predicted octanol–water partition coefficient (Wildman–Crippen LogP) is 3.89. The summed E-state index contributed by atoms with van der Waals surface area (Å²) >= 11 is 0. The highest BCUT2D eigenvalue weighted by molar-refractivity contribution is 5.67. The molecule has 5 rings (SSSR count). The first-order chi connectivity index (χ1) is 17.0. The third kappa shape index (κ3) is 5.09. The Morgan fingerprint density at radius 2 is 1.91 bits per heavy atom. The molecule has 35 heavy (non-hydrogen) atoms. The van der Waals surface area contributed by atoms with Crippen molar-refractivity contribution in [3.63, 3.8) is 0 Å². The van der Waals surface area contributed by atoms with E-state index in [0.717, 1.165) is 83.2 Å². The fourth-order valence-electron chi connectivity index (χ4n) is 7.84. The summed E-state index contributed by atoms with van der Waals surface area (Å²) in [7, 11) is 1.43. The van der Waals surface area contributed by atoms with Gasteiger partial charge >= 0.3 is 6.09 Å². The summed E-state index contributed by atoms with van der Waals surface area (Å²) in [4.78, 5) is 17.5. The van der Waals surface area contributed by atoms with Crippen LogP contribution in [0.4, 0.5) is 9.18 Å². The molecule has 5 atom stereocenters. The van der Waals surface area contributed by atoms with Gasteiger partial charge in [0.25, 0.3) is 0 Å². The summed E-state index contributed by atoms with van der Waals surface area (Å²) in [6.45, 7) is 5.33. The Morgan fingerprint density at radius 3 is 2.54 bits per heavy atom. The molecule has 2 saturated heterocycles. The van der Waals surface area contributed by atoms with Gasteiger partial charge in [-0.25, -0.2) is 9.18 Å². The Bertz CT molecular complexity index is 872. The Balaban J connectivity index is 1.48. The smallest absolute Gasteiger partial charge is 0.407 e. The number of nitrogens with two attached hydrogens (primary N) is 1. The standard InChI is InChI=1S/C28H43FN4O2/c1-35-27(34)31-26-8-3-7-25(26)28(19-32-13-4-14-32,21-5-2-6-22(29)17-21)20-11-15-33(16-12-20)24-10-9-23(30)18-24/h2,5-6,17,20,23-26H,3-4,7-16,18-19,30H2,1H3,(H,31,34)/t23-,24?,25-,26-,28?/m0/s1. The van der Waals surface area contributed by atoms with Gasteiger partial charge in [0.15, 0.2) is 0 Å². The molecule has 3 N–H and O–H groups in total. The van der Waals surface area contributed by atoms with Gasteiger partial charge in [0.1, 0.15) is 5.82 Å². The van der Waals surface area contributed by atoms with E-state index in [1.54, 1.807) is 12.1 Å². The molecule has 194 valence electrons. The number of ether oxygens (including phenoxy) is 1. The number of methoxy groups -OCH3 is 1. The maximum Gasteiger partial charge on any atom is 0.407 e. The average Bonchev–Trinajstić information content (AvgIpc) is 3.48. The number of likely N-dealkylation sites (tertiary alicyclic amines) is 2. The molecule has 2 saturated carbocycles. The second-order valence-corrected chi connectivity index (χ2v) is 11.5. The number of nitrogens with one attached hydrogen (secondary N) is 1. The first kappa shape index (κ1) is 25.0. The van der Waals surface area contributed by atoms with Crippen LogP contribution in [-0.4, -0.2) is 73.9 Å². The SMILES string of the molecule is COC(=O)N[C@H]1CCC[C@@H]1C(CN1CCC1)(c1cccc(F)c1)C1CCN(C2CC[C@H](N)C2)CC1. The average molecular weight is 487 g/mol. The van der Waals surface area contributed by atoms with Crippen LogP contribution in [0.25, 0.3) is 0 Å². The molecule has 4 aliphatic rings. The number of hydrogen-bond donors (Lipinski definition) is 2. The van der Waals surface area contributed by atoms with E-state index in [2.05, 4.69) is 21.2 Å².